The molecule has 0 unspecified atom stereocenters. The second-order valence-electron chi connectivity index (χ2n) is 6.30. The fourth-order valence-electron chi connectivity index (χ4n) is 3.41. The molecule has 28 heavy (non-hydrogen) atoms. The normalized spacial score (nSPS) is 11.4. The Morgan fingerprint density at radius 1 is 1.11 bits per heavy atom. The maximum Gasteiger partial charge on any atom is 0.180 e. The highest BCUT2D eigenvalue weighted by molar-refractivity contribution is 5.91. The number of hydrogen-bond acceptors (Lipinski definition) is 5. The van der Waals surface area contributed by atoms with Crippen LogP contribution < -0.4 is 10.5 Å². The van der Waals surface area contributed by atoms with E-state index in [4.69, 9.17) is 10.5 Å². The average Bonchev–Trinajstić information content (AvgIpc) is 3.37. The summed E-state index contributed by atoms with van der Waals surface area (Å²) in [5.74, 6) is 0.606. The maximum atomic E-state index is 13.5. The minimum absolute atomic E-state index is 0.294. The number of nitrogens with zero attached hydrogens (tertiary/aromatic N) is 4. The number of imidazole rings is 2. The third kappa shape index (κ3) is 2.38. The molecule has 0 aliphatic rings. The summed E-state index contributed by atoms with van der Waals surface area (Å²) in [5, 5.41) is 0. The third-order valence-electron chi connectivity index (χ3n) is 4.67. The van der Waals surface area contributed by atoms with E-state index in [0.717, 1.165) is 27.9 Å². The quantitative estimate of drug-likeness (QED) is 0.502. The Morgan fingerprint density at radius 2 is 1.93 bits per heavy atom. The minimum Gasteiger partial charge on any atom is -0.494 e. The van der Waals surface area contributed by atoms with Gasteiger partial charge in [-0.2, -0.15) is 0 Å². The number of nitrogens with one attached hydrogen (secondary N) is 1. The molecular weight excluding hydrogens is 359 g/mol. The van der Waals surface area contributed by atoms with Crippen LogP contribution in [0.25, 0.3) is 39.2 Å². The van der Waals surface area contributed by atoms with Crippen molar-refractivity contribution in [3.05, 3.63) is 60.9 Å². The van der Waals surface area contributed by atoms with Gasteiger partial charge in [-0.15, -0.1) is 0 Å². The van der Waals surface area contributed by atoms with Gasteiger partial charge in [0.25, 0.3) is 0 Å². The Labute approximate surface area is 158 Å². The number of benzene rings is 2. The summed E-state index contributed by atoms with van der Waals surface area (Å²) in [6, 6.07) is 10.00. The van der Waals surface area contributed by atoms with Crippen molar-refractivity contribution in [2.45, 2.75) is 0 Å². The summed E-state index contributed by atoms with van der Waals surface area (Å²) in [5.41, 5.74) is 11.2. The van der Waals surface area contributed by atoms with Crippen LogP contribution in [0.2, 0.25) is 0 Å². The zero-order valence-corrected chi connectivity index (χ0v) is 14.8. The van der Waals surface area contributed by atoms with Gasteiger partial charge in [0, 0.05) is 23.5 Å². The maximum absolute atomic E-state index is 13.5. The summed E-state index contributed by atoms with van der Waals surface area (Å²) in [4.78, 5) is 16.3. The summed E-state index contributed by atoms with van der Waals surface area (Å²) >= 11 is 0. The molecule has 0 atom stereocenters. The van der Waals surface area contributed by atoms with Gasteiger partial charge in [-0.25, -0.2) is 19.3 Å². The summed E-state index contributed by atoms with van der Waals surface area (Å²) in [6.45, 7) is 0. The third-order valence-corrected chi connectivity index (χ3v) is 4.67. The molecule has 5 aromatic rings. The summed E-state index contributed by atoms with van der Waals surface area (Å²) < 4.78 is 20.9. The first-order valence-electron chi connectivity index (χ1n) is 8.55. The van der Waals surface area contributed by atoms with Gasteiger partial charge in [0.1, 0.15) is 17.1 Å². The molecular formula is C20H15FN6O. The standard InChI is InChI=1S/C20H15FN6O/c1-28-15-9-12(8-14-17(15)25-10-24-14)18-16(11-2-4-13(21)5-3-11)26-19(22)20-23-6-7-27(18)20/h2-10H,1H3,(H2,22,26)(H,24,25). The predicted molar refractivity (Wildman–Crippen MR) is 104 cm³/mol. The van der Waals surface area contributed by atoms with Gasteiger partial charge in [-0.05, 0) is 36.4 Å². The predicted octanol–water partition coefficient (Wildman–Crippen LogP) is 3.67. The van der Waals surface area contributed by atoms with Gasteiger partial charge in [0.2, 0.25) is 0 Å². The van der Waals surface area contributed by atoms with Crippen molar-refractivity contribution in [2.75, 3.05) is 12.8 Å². The Balaban J connectivity index is 1.88. The monoisotopic (exact) mass is 374 g/mol. The number of halogens is 1. The Morgan fingerprint density at radius 3 is 2.71 bits per heavy atom. The van der Waals surface area contributed by atoms with Gasteiger partial charge in [0.15, 0.2) is 11.5 Å². The number of hydrogen-bond donors (Lipinski definition) is 2. The number of fused-ring (bicyclic) bond motifs is 2. The van der Waals surface area contributed by atoms with Gasteiger partial charge in [-0.3, -0.25) is 4.40 Å². The van der Waals surface area contributed by atoms with Crippen molar-refractivity contribution in [3.8, 4) is 28.3 Å². The highest BCUT2D eigenvalue weighted by Gasteiger charge is 2.19. The zero-order chi connectivity index (χ0) is 19.3. The molecule has 7 nitrogen and oxygen atoms in total. The molecule has 0 aliphatic carbocycles. The van der Waals surface area contributed by atoms with Gasteiger partial charge in [0.05, 0.1) is 30.3 Å². The first-order chi connectivity index (χ1) is 13.7. The second-order valence-corrected chi connectivity index (χ2v) is 6.30. The molecule has 0 saturated heterocycles. The highest BCUT2D eigenvalue weighted by atomic mass is 19.1. The van der Waals surface area contributed by atoms with E-state index in [9.17, 15) is 4.39 Å². The van der Waals surface area contributed by atoms with E-state index in [-0.39, 0.29) is 5.82 Å². The van der Waals surface area contributed by atoms with Crippen LogP contribution in [0.15, 0.2) is 55.1 Å². The van der Waals surface area contributed by atoms with Crippen LogP contribution in [-0.4, -0.2) is 31.4 Å². The van der Waals surface area contributed by atoms with Gasteiger partial charge < -0.3 is 15.5 Å². The number of rotatable bonds is 3. The van der Waals surface area contributed by atoms with Crippen molar-refractivity contribution in [1.29, 1.82) is 0 Å². The van der Waals surface area contributed by atoms with Crippen LogP contribution in [0.5, 0.6) is 5.75 Å². The van der Waals surface area contributed by atoms with Crippen LogP contribution in [0, 0.1) is 5.82 Å². The Kier molecular flexibility index (Phi) is 3.51. The molecule has 0 radical (unpaired) electrons. The van der Waals surface area contributed by atoms with E-state index >= 15 is 0 Å². The number of methoxy groups -OCH3 is 1. The number of anilines is 1. The fraction of sp³-hybridized carbons (Fsp3) is 0.0500. The van der Waals surface area contributed by atoms with Crippen LogP contribution in [0.3, 0.4) is 0 Å². The van der Waals surface area contributed by atoms with Gasteiger partial charge in [-0.1, -0.05) is 0 Å². The molecule has 3 heterocycles. The number of ether oxygens (including phenoxy) is 1. The Hall–Kier alpha value is -3.94. The number of H-pyrrole nitrogens is 1. The number of aromatic amines is 1. The highest BCUT2D eigenvalue weighted by Crippen LogP contribution is 2.37. The molecule has 138 valence electrons. The lowest BCUT2D eigenvalue weighted by atomic mass is 10.0. The topological polar surface area (TPSA) is 94.1 Å². The number of aromatic nitrogens is 5. The number of nitrogen functional groups attached to an aromatic ring is 1. The van der Waals surface area contributed by atoms with Crippen molar-refractivity contribution < 1.29 is 9.13 Å². The smallest absolute Gasteiger partial charge is 0.180 e. The molecule has 2 aromatic carbocycles. The molecule has 0 aliphatic heterocycles. The van der Waals surface area contributed by atoms with Crippen molar-refractivity contribution in [2.24, 2.45) is 0 Å². The lowest BCUT2D eigenvalue weighted by molar-refractivity contribution is 0.419. The average molecular weight is 374 g/mol. The van der Waals surface area contributed by atoms with Crippen LogP contribution in [-0.2, 0) is 0 Å². The largest absolute Gasteiger partial charge is 0.494 e. The fourth-order valence-corrected chi connectivity index (χ4v) is 3.41. The SMILES string of the molecule is COc1cc(-c2c(-c3ccc(F)cc3)nc(N)c3nccn23)cc2[nH]cnc12. The van der Waals surface area contributed by atoms with Crippen molar-refractivity contribution in [1.82, 2.24) is 24.3 Å². The molecule has 0 fully saturated rings. The van der Waals surface area contributed by atoms with E-state index in [1.807, 2.05) is 22.7 Å². The second kappa shape index (κ2) is 6.05. The molecule has 3 aromatic heterocycles. The lowest BCUT2D eigenvalue weighted by Gasteiger charge is -2.14. The van der Waals surface area contributed by atoms with E-state index in [1.165, 1.54) is 12.1 Å². The summed E-state index contributed by atoms with van der Waals surface area (Å²) in [6.07, 6.45) is 5.10. The molecule has 0 amide bonds. The van der Waals surface area contributed by atoms with Crippen molar-refractivity contribution >= 4 is 22.5 Å². The molecule has 0 spiro atoms. The summed E-state index contributed by atoms with van der Waals surface area (Å²) in [7, 11) is 1.60. The van der Waals surface area contributed by atoms with Gasteiger partial charge >= 0.3 is 0 Å². The molecule has 5 rings (SSSR count). The lowest BCUT2D eigenvalue weighted by Crippen LogP contribution is -2.04. The Bertz CT molecular complexity index is 1320. The minimum atomic E-state index is -0.317. The van der Waals surface area contributed by atoms with E-state index in [2.05, 4.69) is 19.9 Å². The van der Waals surface area contributed by atoms with Crippen molar-refractivity contribution in [3.63, 3.8) is 0 Å². The molecule has 0 bridgehead atoms. The number of nitrogens with two attached hydrogens (primary N) is 1. The van der Waals surface area contributed by atoms with Crippen LogP contribution >= 0.6 is 0 Å². The molecule has 3 N–H and O–H groups in total. The zero-order valence-electron chi connectivity index (χ0n) is 14.8. The van der Waals surface area contributed by atoms with Crippen LogP contribution in [0.4, 0.5) is 10.2 Å². The van der Waals surface area contributed by atoms with E-state index in [0.29, 0.717) is 22.9 Å². The van der Waals surface area contributed by atoms with E-state index in [1.54, 1.807) is 31.8 Å². The molecule has 0 saturated carbocycles. The first-order valence-corrected chi connectivity index (χ1v) is 8.55. The first kappa shape index (κ1) is 16.2. The van der Waals surface area contributed by atoms with Crippen LogP contribution in [0.1, 0.15) is 0 Å². The molecule has 8 heteroatoms. The van der Waals surface area contributed by atoms with E-state index < -0.39 is 0 Å².